The van der Waals surface area contributed by atoms with Crippen LogP contribution in [0.5, 0.6) is 0 Å². The van der Waals surface area contributed by atoms with E-state index in [1.165, 1.54) is 0 Å². The third kappa shape index (κ3) is 4.43. The number of amides is 1. The van der Waals surface area contributed by atoms with Gasteiger partial charge in [-0.3, -0.25) is 5.32 Å². The van der Waals surface area contributed by atoms with Gasteiger partial charge in [0.2, 0.25) is 0 Å². The maximum atomic E-state index is 11.7. The molecular formula is C11H11BrCl2INO2. The summed E-state index contributed by atoms with van der Waals surface area (Å²) in [7, 11) is 0. The maximum absolute atomic E-state index is 11.7. The van der Waals surface area contributed by atoms with Crippen molar-refractivity contribution in [2.45, 2.75) is 26.4 Å². The number of ether oxygens (including phenoxy) is 1. The van der Waals surface area contributed by atoms with E-state index in [4.69, 9.17) is 27.9 Å². The molecule has 0 saturated carbocycles. The molecule has 0 aliphatic heterocycles. The van der Waals surface area contributed by atoms with Gasteiger partial charge in [0.15, 0.2) is 0 Å². The molecule has 0 aliphatic carbocycles. The highest BCUT2D eigenvalue weighted by atomic mass is 127. The fourth-order valence-corrected chi connectivity index (χ4v) is 2.96. The summed E-state index contributed by atoms with van der Waals surface area (Å²) in [6.07, 6.45) is -0.559. The molecule has 1 aromatic rings. The van der Waals surface area contributed by atoms with Gasteiger partial charge in [0, 0.05) is 3.57 Å². The predicted molar refractivity (Wildman–Crippen MR) is 86.7 cm³/mol. The van der Waals surface area contributed by atoms with Crippen LogP contribution < -0.4 is 5.32 Å². The van der Waals surface area contributed by atoms with Crippen molar-refractivity contribution in [1.82, 2.24) is 0 Å². The van der Waals surface area contributed by atoms with Crippen LogP contribution in [0.3, 0.4) is 0 Å². The van der Waals surface area contributed by atoms with Crippen LogP contribution in [0, 0.1) is 3.57 Å². The van der Waals surface area contributed by atoms with Crippen molar-refractivity contribution in [1.29, 1.82) is 0 Å². The van der Waals surface area contributed by atoms with E-state index in [-0.39, 0.29) is 0 Å². The summed E-state index contributed by atoms with van der Waals surface area (Å²) in [4.78, 5) is 11.7. The first-order valence-electron chi connectivity index (χ1n) is 4.95. The number of hydrogen-bond donors (Lipinski definition) is 1. The summed E-state index contributed by atoms with van der Waals surface area (Å²) < 4.78 is 6.43. The van der Waals surface area contributed by atoms with E-state index in [1.54, 1.807) is 26.8 Å². The minimum atomic E-state index is -0.564. The number of nitrogens with one attached hydrogen (secondary N) is 1. The van der Waals surface area contributed by atoms with E-state index < -0.39 is 11.7 Å². The molecular weight excluding hydrogens is 456 g/mol. The number of halogens is 4. The molecule has 0 heterocycles. The summed E-state index contributed by atoms with van der Waals surface area (Å²) in [5.74, 6) is 0. The molecule has 7 heteroatoms. The Balaban J connectivity index is 2.99. The lowest BCUT2D eigenvalue weighted by Crippen LogP contribution is -2.27. The third-order valence-electron chi connectivity index (χ3n) is 1.74. The molecule has 1 aromatic carbocycles. The second kappa shape index (κ2) is 6.15. The average Bonchev–Trinajstić information content (AvgIpc) is 2.19. The van der Waals surface area contributed by atoms with E-state index in [0.29, 0.717) is 20.2 Å². The molecule has 1 N–H and O–H groups in total. The number of rotatable bonds is 1. The highest BCUT2D eigenvalue weighted by Crippen LogP contribution is 2.39. The summed E-state index contributed by atoms with van der Waals surface area (Å²) in [5, 5.41) is 3.44. The van der Waals surface area contributed by atoms with Crippen LogP contribution in [-0.2, 0) is 4.74 Å². The Hall–Kier alpha value is 0.280. The van der Waals surface area contributed by atoms with Crippen LogP contribution in [0.2, 0.25) is 10.0 Å². The molecule has 0 spiro atoms. The van der Waals surface area contributed by atoms with E-state index in [0.717, 1.165) is 3.57 Å². The van der Waals surface area contributed by atoms with Crippen molar-refractivity contribution in [3.05, 3.63) is 24.2 Å². The molecule has 3 nitrogen and oxygen atoms in total. The van der Waals surface area contributed by atoms with E-state index >= 15 is 0 Å². The van der Waals surface area contributed by atoms with Crippen LogP contribution in [0.15, 0.2) is 10.5 Å². The lowest BCUT2D eigenvalue weighted by molar-refractivity contribution is 0.0636. The van der Waals surface area contributed by atoms with Crippen molar-refractivity contribution < 1.29 is 9.53 Å². The Morgan fingerprint density at radius 1 is 1.44 bits per heavy atom. The minimum absolute atomic E-state index is 0.345. The van der Waals surface area contributed by atoms with Gasteiger partial charge in [0.1, 0.15) is 5.60 Å². The van der Waals surface area contributed by atoms with Gasteiger partial charge in [-0.15, -0.1) is 0 Å². The molecule has 0 fully saturated rings. The van der Waals surface area contributed by atoms with Crippen LogP contribution in [0.25, 0.3) is 0 Å². The quantitative estimate of drug-likeness (QED) is 0.327. The Kier molecular flexibility index (Phi) is 5.58. The van der Waals surface area contributed by atoms with Gasteiger partial charge in [-0.2, -0.15) is 0 Å². The Bertz CT molecular complexity index is 489. The summed E-state index contributed by atoms with van der Waals surface area (Å²) >= 11 is 17.4. The molecule has 0 aliphatic rings. The molecule has 1 rings (SSSR count). The molecule has 0 aromatic heterocycles. The van der Waals surface area contributed by atoms with Gasteiger partial charge in [0.25, 0.3) is 0 Å². The van der Waals surface area contributed by atoms with Crippen LogP contribution >= 0.6 is 61.7 Å². The molecule has 1 amide bonds. The second-order valence-electron chi connectivity index (χ2n) is 4.47. The van der Waals surface area contributed by atoms with Gasteiger partial charge < -0.3 is 4.74 Å². The molecule has 0 bridgehead atoms. The predicted octanol–water partition coefficient (Wildman–Crippen LogP) is 5.71. The van der Waals surface area contributed by atoms with Gasteiger partial charge in [-0.1, -0.05) is 23.2 Å². The van der Waals surface area contributed by atoms with Crippen molar-refractivity contribution in [2.24, 2.45) is 0 Å². The van der Waals surface area contributed by atoms with Gasteiger partial charge in [0.05, 0.1) is 20.2 Å². The highest BCUT2D eigenvalue weighted by Gasteiger charge is 2.20. The lowest BCUT2D eigenvalue weighted by Gasteiger charge is -2.20. The maximum Gasteiger partial charge on any atom is 0.412 e. The first-order chi connectivity index (χ1) is 8.11. The summed E-state index contributed by atoms with van der Waals surface area (Å²) in [5.41, 5.74) is -0.0890. The summed E-state index contributed by atoms with van der Waals surface area (Å²) in [6.45, 7) is 5.37. The second-order valence-corrected chi connectivity index (χ2v) is 7.21. The van der Waals surface area contributed by atoms with Crippen molar-refractivity contribution in [2.75, 3.05) is 5.32 Å². The van der Waals surface area contributed by atoms with Gasteiger partial charge in [-0.05, 0) is 65.4 Å². The lowest BCUT2D eigenvalue weighted by atomic mass is 10.2. The fraction of sp³-hybridized carbons (Fsp3) is 0.364. The normalized spacial score (nSPS) is 11.3. The number of carbonyl (C=O) groups is 1. The monoisotopic (exact) mass is 465 g/mol. The number of hydrogen-bond acceptors (Lipinski definition) is 2. The summed E-state index contributed by atoms with van der Waals surface area (Å²) in [6, 6.07) is 1.70. The van der Waals surface area contributed by atoms with Gasteiger partial charge >= 0.3 is 6.09 Å². The van der Waals surface area contributed by atoms with Gasteiger partial charge in [-0.25, -0.2) is 4.79 Å². The number of anilines is 1. The van der Waals surface area contributed by atoms with Crippen LogP contribution in [-0.4, -0.2) is 11.7 Å². The zero-order chi connectivity index (χ0) is 14.1. The Labute approximate surface area is 138 Å². The topological polar surface area (TPSA) is 38.3 Å². The molecule has 18 heavy (non-hydrogen) atoms. The highest BCUT2D eigenvalue weighted by molar-refractivity contribution is 14.1. The van der Waals surface area contributed by atoms with E-state index in [1.807, 2.05) is 22.6 Å². The third-order valence-corrected chi connectivity index (χ3v) is 4.55. The zero-order valence-corrected chi connectivity index (χ0v) is 15.2. The standard InChI is InChI=1S/C11H11BrCl2INO2/c1-11(2,3)18-10(17)16-9-6(15)4-5(13)7(12)8(9)14/h4H,1-3H3,(H,16,17). The minimum Gasteiger partial charge on any atom is -0.444 e. The number of benzene rings is 1. The van der Waals surface area contributed by atoms with Crippen molar-refractivity contribution in [3.8, 4) is 0 Å². The largest absolute Gasteiger partial charge is 0.444 e. The Morgan fingerprint density at radius 3 is 2.50 bits per heavy atom. The van der Waals surface area contributed by atoms with Crippen molar-refractivity contribution >= 4 is 73.5 Å². The van der Waals surface area contributed by atoms with E-state index in [9.17, 15) is 4.79 Å². The molecule has 0 atom stereocenters. The fourth-order valence-electron chi connectivity index (χ4n) is 1.09. The molecule has 100 valence electrons. The zero-order valence-electron chi connectivity index (χ0n) is 9.91. The van der Waals surface area contributed by atoms with Crippen molar-refractivity contribution in [3.63, 3.8) is 0 Å². The number of carbonyl (C=O) groups excluding carboxylic acids is 1. The molecule has 0 saturated heterocycles. The molecule has 0 radical (unpaired) electrons. The van der Waals surface area contributed by atoms with Crippen LogP contribution in [0.4, 0.5) is 10.5 Å². The van der Waals surface area contributed by atoms with E-state index in [2.05, 4.69) is 21.2 Å². The molecule has 0 unspecified atom stereocenters. The first kappa shape index (κ1) is 16.3. The SMILES string of the molecule is CC(C)(C)OC(=O)Nc1c(I)cc(Cl)c(Br)c1Cl. The average molecular weight is 467 g/mol. The smallest absolute Gasteiger partial charge is 0.412 e. The van der Waals surface area contributed by atoms with Crippen LogP contribution in [0.1, 0.15) is 20.8 Å². The Morgan fingerprint density at radius 2 is 2.00 bits per heavy atom. The first-order valence-corrected chi connectivity index (χ1v) is 7.57.